The van der Waals surface area contributed by atoms with Crippen molar-refractivity contribution in [3.8, 4) is 0 Å². The number of benzene rings is 1. The zero-order valence-corrected chi connectivity index (χ0v) is 17.9. The van der Waals surface area contributed by atoms with Crippen LogP contribution in [0, 0.1) is 0 Å². The quantitative estimate of drug-likeness (QED) is 0.733. The molecule has 0 saturated carbocycles. The van der Waals surface area contributed by atoms with Gasteiger partial charge in [-0.25, -0.2) is 8.42 Å². The summed E-state index contributed by atoms with van der Waals surface area (Å²) < 4.78 is 32.0. The van der Waals surface area contributed by atoms with Crippen LogP contribution in [0.5, 0.6) is 0 Å². The summed E-state index contributed by atoms with van der Waals surface area (Å²) in [4.78, 5) is 14.7. The molecule has 1 N–H and O–H groups in total. The third-order valence-corrected chi connectivity index (χ3v) is 7.25. The van der Waals surface area contributed by atoms with Crippen LogP contribution in [0.4, 0.5) is 0 Å². The van der Waals surface area contributed by atoms with Crippen LogP contribution in [0.2, 0.25) is 0 Å². The number of nitrogens with zero attached hydrogens (tertiary/aromatic N) is 2. The van der Waals surface area contributed by atoms with Crippen molar-refractivity contribution in [2.24, 2.45) is 0 Å². The topological polar surface area (TPSA) is 79.0 Å². The zero-order valence-electron chi connectivity index (χ0n) is 16.3. The molecular formula is C19H30ClN3O4S. The Morgan fingerprint density at radius 3 is 2.50 bits per heavy atom. The number of hydrogen-bond acceptors (Lipinski definition) is 5. The first-order chi connectivity index (χ1) is 13.0. The van der Waals surface area contributed by atoms with E-state index in [1.807, 2.05) is 24.1 Å². The summed E-state index contributed by atoms with van der Waals surface area (Å²) in [5.41, 5.74) is 0.978. The van der Waals surface area contributed by atoms with E-state index in [1.165, 1.54) is 4.31 Å². The van der Waals surface area contributed by atoms with Gasteiger partial charge >= 0.3 is 0 Å². The Kier molecular flexibility index (Phi) is 8.70. The molecule has 158 valence electrons. The molecule has 0 aliphatic carbocycles. The molecule has 2 aliphatic rings. The first-order valence-electron chi connectivity index (χ1n) is 9.62. The van der Waals surface area contributed by atoms with Crippen LogP contribution in [0.1, 0.15) is 24.8 Å². The summed E-state index contributed by atoms with van der Waals surface area (Å²) in [6, 6.07) is 7.29. The van der Waals surface area contributed by atoms with Crippen LogP contribution >= 0.6 is 12.4 Å². The number of halogens is 1. The zero-order chi connectivity index (χ0) is 19.3. The number of rotatable bonds is 6. The number of carbonyl (C=O) groups excluding carboxylic acids is 1. The molecule has 2 aliphatic heterocycles. The summed E-state index contributed by atoms with van der Waals surface area (Å²) in [7, 11) is -1.53. The monoisotopic (exact) mass is 431 g/mol. The van der Waals surface area contributed by atoms with Crippen LogP contribution in [0.25, 0.3) is 0 Å². The summed E-state index contributed by atoms with van der Waals surface area (Å²) in [5.74, 6) is 0.167. The first kappa shape index (κ1) is 23.1. The summed E-state index contributed by atoms with van der Waals surface area (Å²) >= 11 is 0. The van der Waals surface area contributed by atoms with E-state index in [0.29, 0.717) is 50.1 Å². The second-order valence-electron chi connectivity index (χ2n) is 7.13. The number of morpholine rings is 1. The van der Waals surface area contributed by atoms with Gasteiger partial charge in [-0.2, -0.15) is 4.31 Å². The molecule has 1 aromatic rings. The molecule has 0 bridgehead atoms. The minimum atomic E-state index is -3.47. The van der Waals surface area contributed by atoms with E-state index in [0.717, 1.165) is 31.5 Å². The van der Waals surface area contributed by atoms with Gasteiger partial charge in [0, 0.05) is 38.6 Å². The van der Waals surface area contributed by atoms with Gasteiger partial charge in [-0.15, -0.1) is 12.4 Å². The molecule has 2 fully saturated rings. The van der Waals surface area contributed by atoms with Crippen molar-refractivity contribution in [3.05, 3.63) is 29.8 Å². The standard InChI is InChI=1S/C19H29N3O4S.ClH/c1-20-17-3-2-10-21(15-17)19(23)9-6-16-4-7-18(8-5-16)27(24,25)22-11-13-26-14-12-22;/h4-5,7-8,17,20H,2-3,6,9-15H2,1H3;1H. The normalized spacial score (nSPS) is 21.2. The average Bonchev–Trinajstić information content (AvgIpc) is 2.73. The van der Waals surface area contributed by atoms with Gasteiger partial charge in [0.25, 0.3) is 0 Å². The van der Waals surface area contributed by atoms with Crippen molar-refractivity contribution in [2.45, 2.75) is 36.6 Å². The van der Waals surface area contributed by atoms with Gasteiger partial charge in [0.1, 0.15) is 0 Å². The SMILES string of the molecule is CNC1CCCN(C(=O)CCc2ccc(S(=O)(=O)N3CCOCC3)cc2)C1.Cl. The molecular weight excluding hydrogens is 402 g/mol. The lowest BCUT2D eigenvalue weighted by atomic mass is 10.0. The number of likely N-dealkylation sites (N-methyl/N-ethyl adjacent to an activating group) is 1. The van der Waals surface area contributed by atoms with Crippen LogP contribution in [0.15, 0.2) is 29.2 Å². The number of amides is 1. The fourth-order valence-electron chi connectivity index (χ4n) is 3.61. The van der Waals surface area contributed by atoms with E-state index in [4.69, 9.17) is 4.74 Å². The number of piperidine rings is 1. The molecule has 7 nitrogen and oxygen atoms in total. The second kappa shape index (κ2) is 10.5. The summed E-state index contributed by atoms with van der Waals surface area (Å²) in [6.45, 7) is 3.25. The van der Waals surface area contributed by atoms with Gasteiger partial charge in [-0.3, -0.25) is 4.79 Å². The molecule has 2 saturated heterocycles. The van der Waals surface area contributed by atoms with E-state index in [-0.39, 0.29) is 18.3 Å². The number of aryl methyl sites for hydroxylation is 1. The maximum absolute atomic E-state index is 12.6. The fourth-order valence-corrected chi connectivity index (χ4v) is 5.02. The van der Waals surface area contributed by atoms with E-state index >= 15 is 0 Å². The molecule has 2 heterocycles. The highest BCUT2D eigenvalue weighted by Gasteiger charge is 2.26. The molecule has 9 heteroatoms. The highest BCUT2D eigenvalue weighted by atomic mass is 35.5. The van der Waals surface area contributed by atoms with E-state index in [9.17, 15) is 13.2 Å². The molecule has 0 spiro atoms. The van der Waals surface area contributed by atoms with Crippen molar-refractivity contribution in [1.29, 1.82) is 0 Å². The second-order valence-corrected chi connectivity index (χ2v) is 9.07. The van der Waals surface area contributed by atoms with Crippen molar-refractivity contribution < 1.29 is 17.9 Å². The Hall–Kier alpha value is -1.19. The maximum Gasteiger partial charge on any atom is 0.243 e. The molecule has 1 aromatic carbocycles. The van der Waals surface area contributed by atoms with Gasteiger partial charge < -0.3 is 15.0 Å². The Balaban J connectivity index is 0.00000280. The maximum atomic E-state index is 12.6. The minimum absolute atomic E-state index is 0. The Morgan fingerprint density at radius 2 is 1.86 bits per heavy atom. The first-order valence-corrected chi connectivity index (χ1v) is 11.1. The van der Waals surface area contributed by atoms with Crippen molar-refractivity contribution >= 4 is 28.3 Å². The number of ether oxygens (including phenoxy) is 1. The smallest absolute Gasteiger partial charge is 0.243 e. The number of hydrogen-bond donors (Lipinski definition) is 1. The van der Waals surface area contributed by atoms with Crippen molar-refractivity contribution in [3.63, 3.8) is 0 Å². The average molecular weight is 432 g/mol. The molecule has 3 rings (SSSR count). The largest absolute Gasteiger partial charge is 0.379 e. The molecule has 0 radical (unpaired) electrons. The number of sulfonamides is 1. The minimum Gasteiger partial charge on any atom is -0.379 e. The lowest BCUT2D eigenvalue weighted by molar-refractivity contribution is -0.132. The van der Waals surface area contributed by atoms with Crippen LogP contribution < -0.4 is 5.32 Å². The van der Waals surface area contributed by atoms with Crippen LogP contribution in [-0.2, 0) is 26.0 Å². The Morgan fingerprint density at radius 1 is 1.18 bits per heavy atom. The highest BCUT2D eigenvalue weighted by Crippen LogP contribution is 2.19. The van der Waals surface area contributed by atoms with Crippen LogP contribution in [0.3, 0.4) is 0 Å². The highest BCUT2D eigenvalue weighted by molar-refractivity contribution is 7.89. The van der Waals surface area contributed by atoms with Crippen molar-refractivity contribution in [2.75, 3.05) is 46.4 Å². The van der Waals surface area contributed by atoms with Crippen molar-refractivity contribution in [1.82, 2.24) is 14.5 Å². The predicted octanol–water partition coefficient (Wildman–Crippen LogP) is 1.27. The number of nitrogens with one attached hydrogen (secondary N) is 1. The lowest BCUT2D eigenvalue weighted by Crippen LogP contribution is -2.47. The summed E-state index contributed by atoms with van der Waals surface area (Å²) in [6.07, 6.45) is 3.22. The predicted molar refractivity (Wildman–Crippen MR) is 110 cm³/mol. The van der Waals surface area contributed by atoms with Gasteiger partial charge in [-0.1, -0.05) is 12.1 Å². The number of likely N-dealkylation sites (tertiary alicyclic amines) is 1. The van der Waals surface area contributed by atoms with Gasteiger partial charge in [0.05, 0.1) is 18.1 Å². The lowest BCUT2D eigenvalue weighted by Gasteiger charge is -2.32. The van der Waals surface area contributed by atoms with Gasteiger partial charge in [0.15, 0.2) is 0 Å². The van der Waals surface area contributed by atoms with Gasteiger partial charge in [0.2, 0.25) is 15.9 Å². The third-order valence-electron chi connectivity index (χ3n) is 5.34. The van der Waals surface area contributed by atoms with E-state index in [1.54, 1.807) is 12.1 Å². The molecule has 1 unspecified atom stereocenters. The molecule has 28 heavy (non-hydrogen) atoms. The molecule has 0 aromatic heterocycles. The van der Waals surface area contributed by atoms with Gasteiger partial charge in [-0.05, 0) is 44.0 Å². The molecule has 1 atom stereocenters. The summed E-state index contributed by atoms with van der Waals surface area (Å²) in [5, 5.41) is 3.25. The van der Waals surface area contributed by atoms with E-state index in [2.05, 4.69) is 5.32 Å². The number of carbonyl (C=O) groups is 1. The third kappa shape index (κ3) is 5.67. The van der Waals surface area contributed by atoms with E-state index < -0.39 is 10.0 Å². The molecule has 1 amide bonds. The Bertz CT molecular complexity index is 736. The fraction of sp³-hybridized carbons (Fsp3) is 0.632. The van der Waals surface area contributed by atoms with Crippen LogP contribution in [-0.4, -0.2) is 76.0 Å². The Labute approximate surface area is 173 Å².